The third-order valence-electron chi connectivity index (χ3n) is 0.389. The Morgan fingerprint density at radius 1 is 0.455 bits per heavy atom. The molecule has 0 saturated heterocycles. The molecule has 0 saturated carbocycles. The largest absolute Gasteiger partial charge is 3.00 e. The van der Waals surface area contributed by atoms with Crippen molar-refractivity contribution in [3.05, 3.63) is 0 Å². The van der Waals surface area contributed by atoms with Gasteiger partial charge in [0.15, 0.2) is 0 Å². The first-order valence-electron chi connectivity index (χ1n) is 3.00. The summed E-state index contributed by atoms with van der Waals surface area (Å²) in [6.45, 7) is 0. The van der Waals surface area contributed by atoms with E-state index in [0.29, 0.717) is 0 Å². The quantitative estimate of drug-likeness (QED) is 0.106. The van der Waals surface area contributed by atoms with E-state index in [-0.39, 0.29) is 49.0 Å². The average molecular weight is 508 g/mol. The summed E-state index contributed by atoms with van der Waals surface area (Å²) >= 11 is 0. The topological polar surface area (TPSA) is 266 Å². The van der Waals surface area contributed by atoms with Gasteiger partial charge in [-0.25, -0.2) is 33.7 Å². The van der Waals surface area contributed by atoms with Crippen LogP contribution in [0.3, 0.4) is 0 Å². The standard InChI is InChI=1S/Na.2H2O8S2.Ru/c;2*1-9(2,3)7-8-10(4,5)6;/h;2*(H,1,2,3)(H,4,5,6);/q+1;;;+3/p-4. The first kappa shape index (κ1) is 30.9. The maximum atomic E-state index is 9.37. The van der Waals surface area contributed by atoms with Crippen LogP contribution >= 0.6 is 0 Å². The molecule has 0 aliphatic carbocycles. The summed E-state index contributed by atoms with van der Waals surface area (Å²) in [6, 6.07) is 0. The average Bonchev–Trinajstić information content (AvgIpc) is 2.09. The van der Waals surface area contributed by atoms with Crippen molar-refractivity contribution in [2.24, 2.45) is 0 Å². The summed E-state index contributed by atoms with van der Waals surface area (Å²) in [5, 5.41) is 0. The summed E-state index contributed by atoms with van der Waals surface area (Å²) in [4.78, 5) is 0. The zero-order valence-corrected chi connectivity index (χ0v) is 16.5. The zero-order chi connectivity index (χ0) is 16.8. The maximum absolute atomic E-state index is 9.37. The Morgan fingerprint density at radius 2 is 0.545 bits per heavy atom. The van der Waals surface area contributed by atoms with Crippen LogP contribution in [0.1, 0.15) is 0 Å². The number of rotatable bonds is 6. The molecule has 0 aromatic carbocycles. The summed E-state index contributed by atoms with van der Waals surface area (Å²) < 4.78 is 123. The van der Waals surface area contributed by atoms with Crippen molar-refractivity contribution in [2.45, 2.75) is 0 Å². The van der Waals surface area contributed by atoms with Crippen LogP contribution < -0.4 is 29.6 Å². The zero-order valence-electron chi connectivity index (χ0n) is 9.52. The summed E-state index contributed by atoms with van der Waals surface area (Å²) in [5.74, 6) is 0. The van der Waals surface area contributed by atoms with Gasteiger partial charge in [0, 0.05) is 0 Å². The van der Waals surface area contributed by atoms with Crippen molar-refractivity contribution in [2.75, 3.05) is 0 Å². The van der Waals surface area contributed by atoms with Crippen LogP contribution in [0.2, 0.25) is 0 Å². The predicted octanol–water partition coefficient (Wildman–Crippen LogP) is -7.29. The molecule has 0 heterocycles. The fourth-order valence-electron chi connectivity index (χ4n) is 0.136. The fourth-order valence-corrected chi connectivity index (χ4v) is 1.22. The van der Waals surface area contributed by atoms with Gasteiger partial charge in [-0.05, 0) is 0 Å². The molecule has 0 unspecified atom stereocenters. The Labute approximate surface area is 158 Å². The molecule has 0 N–H and O–H groups in total. The molecule has 0 aliphatic heterocycles. The number of hydrogen-bond donors (Lipinski definition) is 0. The molecule has 22 heteroatoms. The van der Waals surface area contributed by atoms with E-state index in [1.807, 2.05) is 0 Å². The van der Waals surface area contributed by atoms with Gasteiger partial charge < -0.3 is 18.2 Å². The van der Waals surface area contributed by atoms with Gasteiger partial charge in [-0.1, -0.05) is 0 Å². The Hall–Kier alpha value is 1.10. The summed E-state index contributed by atoms with van der Waals surface area (Å²) in [6.07, 6.45) is 0. The van der Waals surface area contributed by atoms with Crippen LogP contribution in [-0.4, -0.2) is 51.9 Å². The third-order valence-corrected chi connectivity index (χ3v) is 1.50. The van der Waals surface area contributed by atoms with Gasteiger partial charge in [0.25, 0.3) is 0 Å². The molecule has 0 atom stereocenters. The van der Waals surface area contributed by atoms with Gasteiger partial charge >= 0.3 is 49.0 Å². The molecular weight excluding hydrogens is 508 g/mol. The van der Waals surface area contributed by atoms with Crippen LogP contribution in [0.15, 0.2) is 0 Å². The molecule has 0 rings (SSSR count). The minimum atomic E-state index is -5.31. The first-order valence-corrected chi connectivity index (χ1v) is 8.33. The molecule has 22 heavy (non-hydrogen) atoms. The maximum Gasteiger partial charge on any atom is 3.00 e. The molecule has 129 valence electrons. The van der Waals surface area contributed by atoms with Crippen LogP contribution in [0, 0.1) is 0 Å². The molecule has 0 aromatic heterocycles. The summed E-state index contributed by atoms with van der Waals surface area (Å²) in [5.41, 5.74) is 0. The minimum Gasteiger partial charge on any atom is -0.724 e. The minimum absolute atomic E-state index is 0. The number of hydrogen-bond acceptors (Lipinski definition) is 16. The van der Waals surface area contributed by atoms with E-state index in [0.717, 1.165) is 0 Å². The van der Waals surface area contributed by atoms with Crippen molar-refractivity contribution in [1.29, 1.82) is 0 Å². The van der Waals surface area contributed by atoms with E-state index in [1.165, 1.54) is 0 Å². The van der Waals surface area contributed by atoms with Crippen molar-refractivity contribution < 1.29 is 118 Å². The van der Waals surface area contributed by atoms with Gasteiger partial charge in [-0.3, -0.25) is 0 Å². The second kappa shape index (κ2) is 11.6. The van der Waals surface area contributed by atoms with Crippen LogP contribution in [0.25, 0.3) is 0 Å². The molecule has 16 nitrogen and oxygen atoms in total. The molecule has 1 radical (unpaired) electrons. The fraction of sp³-hybridized carbons (Fsp3) is 0. The van der Waals surface area contributed by atoms with Gasteiger partial charge in [0.1, 0.15) is 0 Å². The van der Waals surface area contributed by atoms with Gasteiger partial charge in [-0.15, -0.1) is 17.3 Å². The summed E-state index contributed by atoms with van der Waals surface area (Å²) in [7, 11) is -21.2. The monoisotopic (exact) mass is 509 g/mol. The molecular formula is NaO16RuS4. The van der Waals surface area contributed by atoms with E-state index < -0.39 is 41.6 Å². The smallest absolute Gasteiger partial charge is 0.724 e. The predicted molar refractivity (Wildman–Crippen MR) is 43.1 cm³/mol. The van der Waals surface area contributed by atoms with E-state index in [9.17, 15) is 51.9 Å². The van der Waals surface area contributed by atoms with Crippen molar-refractivity contribution in [3.63, 3.8) is 0 Å². The van der Waals surface area contributed by atoms with E-state index in [1.54, 1.807) is 0 Å². The van der Waals surface area contributed by atoms with Crippen LogP contribution in [0.4, 0.5) is 0 Å². The van der Waals surface area contributed by atoms with Gasteiger partial charge in [0.2, 0.25) is 41.6 Å². The first-order chi connectivity index (χ1) is 8.41. The van der Waals surface area contributed by atoms with Crippen molar-refractivity contribution >= 4 is 41.6 Å². The second-order valence-electron chi connectivity index (χ2n) is 1.91. The Morgan fingerprint density at radius 3 is 0.591 bits per heavy atom. The SMILES string of the molecule is O=S(=O)([O-])OOS(=O)(=O)[O-].O=S(=O)([O-])OOS(=O)(=O)[O-].[Na+].[Ru+3]. The van der Waals surface area contributed by atoms with Crippen molar-refractivity contribution in [1.82, 2.24) is 0 Å². The second-order valence-corrected chi connectivity index (χ2v) is 5.72. The molecule has 0 bridgehead atoms. The third kappa shape index (κ3) is 37.4. The Kier molecular flexibility index (Phi) is 16.3. The Bertz CT molecular complexity index is 562. The molecule has 0 aliphatic rings. The molecule has 0 spiro atoms. The molecule has 0 aromatic rings. The van der Waals surface area contributed by atoms with Crippen LogP contribution in [0.5, 0.6) is 0 Å². The van der Waals surface area contributed by atoms with E-state index >= 15 is 0 Å². The molecule has 0 amide bonds. The van der Waals surface area contributed by atoms with E-state index in [4.69, 9.17) is 0 Å². The van der Waals surface area contributed by atoms with Gasteiger partial charge in [0.05, 0.1) is 0 Å². The van der Waals surface area contributed by atoms with Crippen molar-refractivity contribution in [3.8, 4) is 0 Å². The Balaban J connectivity index is -0.000000135. The van der Waals surface area contributed by atoms with E-state index in [2.05, 4.69) is 17.3 Å². The van der Waals surface area contributed by atoms with Gasteiger partial charge in [-0.2, -0.15) is 0 Å². The van der Waals surface area contributed by atoms with Crippen LogP contribution in [-0.2, 0) is 78.4 Å². The molecule has 0 fully saturated rings. The normalized spacial score (nSPS) is 12.2.